The Balaban J connectivity index is 1.56. The number of anilines is 2. The van der Waals surface area contributed by atoms with Crippen molar-refractivity contribution in [2.24, 2.45) is 0 Å². The number of nitrogens with zero attached hydrogens (tertiary/aromatic N) is 3. The molecule has 146 valence electrons. The molecule has 0 radical (unpaired) electrons. The highest BCUT2D eigenvalue weighted by molar-refractivity contribution is 5.95. The smallest absolute Gasteiger partial charge is 0.141 e. The van der Waals surface area contributed by atoms with Gasteiger partial charge in [-0.25, -0.2) is 9.97 Å². The third kappa shape index (κ3) is 3.46. The fourth-order valence-electron chi connectivity index (χ4n) is 3.42. The number of rotatable bonds is 5. The molecule has 0 atom stereocenters. The quantitative estimate of drug-likeness (QED) is 0.416. The van der Waals surface area contributed by atoms with Crippen LogP contribution in [0.5, 0.6) is 5.75 Å². The van der Waals surface area contributed by atoms with Gasteiger partial charge in [-0.05, 0) is 54.6 Å². The van der Waals surface area contributed by atoms with Crippen LogP contribution in [0.25, 0.3) is 34.0 Å². The Kier molecular flexibility index (Phi) is 4.57. The molecule has 0 spiro atoms. The van der Waals surface area contributed by atoms with Gasteiger partial charge in [-0.3, -0.25) is 4.98 Å². The van der Waals surface area contributed by atoms with Gasteiger partial charge in [-0.15, -0.1) is 0 Å². The van der Waals surface area contributed by atoms with Crippen LogP contribution in [0.15, 0.2) is 73.3 Å². The van der Waals surface area contributed by atoms with Crippen molar-refractivity contribution in [2.75, 3.05) is 12.4 Å². The second kappa shape index (κ2) is 7.67. The monoisotopic (exact) mass is 393 g/mol. The summed E-state index contributed by atoms with van der Waals surface area (Å²) in [6.45, 7) is 0. The molecule has 0 amide bonds. The van der Waals surface area contributed by atoms with Crippen molar-refractivity contribution in [3.8, 4) is 5.75 Å². The van der Waals surface area contributed by atoms with Gasteiger partial charge >= 0.3 is 0 Å². The first-order valence-electron chi connectivity index (χ1n) is 9.56. The fraction of sp³-hybridized carbons (Fsp3) is 0.0417. The number of H-pyrrole nitrogens is 1. The Morgan fingerprint density at radius 3 is 2.80 bits per heavy atom. The van der Waals surface area contributed by atoms with Crippen LogP contribution in [0.4, 0.5) is 11.5 Å². The molecule has 2 aromatic carbocycles. The number of hydrogen-bond acceptors (Lipinski definition) is 5. The van der Waals surface area contributed by atoms with Crippen LogP contribution in [0, 0.1) is 0 Å². The molecule has 0 bridgehead atoms. The van der Waals surface area contributed by atoms with Crippen molar-refractivity contribution < 1.29 is 4.74 Å². The van der Waals surface area contributed by atoms with Crippen LogP contribution in [-0.2, 0) is 0 Å². The summed E-state index contributed by atoms with van der Waals surface area (Å²) in [6, 6.07) is 18.0. The van der Waals surface area contributed by atoms with Gasteiger partial charge < -0.3 is 15.0 Å². The number of methoxy groups -OCH3 is 1. The maximum Gasteiger partial charge on any atom is 0.141 e. The second-order valence-electron chi connectivity index (χ2n) is 6.83. The highest BCUT2D eigenvalue weighted by Crippen LogP contribution is 2.31. The van der Waals surface area contributed by atoms with Crippen LogP contribution in [0.3, 0.4) is 0 Å². The van der Waals surface area contributed by atoms with E-state index in [1.807, 2.05) is 66.9 Å². The predicted octanol–water partition coefficient (Wildman–Crippen LogP) is 5.43. The zero-order valence-corrected chi connectivity index (χ0v) is 16.3. The van der Waals surface area contributed by atoms with Gasteiger partial charge in [0, 0.05) is 46.0 Å². The first-order chi connectivity index (χ1) is 14.8. The van der Waals surface area contributed by atoms with E-state index in [0.717, 1.165) is 50.3 Å². The van der Waals surface area contributed by atoms with Gasteiger partial charge in [0.2, 0.25) is 0 Å². The summed E-state index contributed by atoms with van der Waals surface area (Å²) in [5.41, 5.74) is 4.67. The summed E-state index contributed by atoms with van der Waals surface area (Å²) in [6.07, 6.45) is 9.21. The molecule has 5 rings (SSSR count). The molecule has 3 heterocycles. The highest BCUT2D eigenvalue weighted by Gasteiger charge is 2.10. The molecule has 0 aliphatic carbocycles. The molecule has 3 aromatic heterocycles. The van der Waals surface area contributed by atoms with E-state index >= 15 is 0 Å². The summed E-state index contributed by atoms with van der Waals surface area (Å²) < 4.78 is 5.58. The number of hydrogen-bond donors (Lipinski definition) is 2. The lowest BCUT2D eigenvalue weighted by atomic mass is 10.1. The van der Waals surface area contributed by atoms with Gasteiger partial charge in [-0.2, -0.15) is 0 Å². The number of ether oxygens (including phenoxy) is 1. The number of aromatic amines is 1. The van der Waals surface area contributed by atoms with Crippen LogP contribution < -0.4 is 10.1 Å². The van der Waals surface area contributed by atoms with Gasteiger partial charge in [0.15, 0.2) is 0 Å². The molecule has 0 aliphatic rings. The topological polar surface area (TPSA) is 75.7 Å². The maximum atomic E-state index is 5.58. The van der Waals surface area contributed by atoms with Crippen LogP contribution in [-0.4, -0.2) is 27.0 Å². The zero-order chi connectivity index (χ0) is 20.3. The second-order valence-corrected chi connectivity index (χ2v) is 6.83. The van der Waals surface area contributed by atoms with Crippen molar-refractivity contribution in [1.29, 1.82) is 0 Å². The minimum atomic E-state index is 0.741. The Labute approximate surface area is 173 Å². The summed E-state index contributed by atoms with van der Waals surface area (Å²) in [4.78, 5) is 16.4. The Morgan fingerprint density at radius 2 is 1.93 bits per heavy atom. The van der Waals surface area contributed by atoms with E-state index < -0.39 is 0 Å². The SMILES string of the molecule is COc1cc2ncnc(Nc3ccc4[nH]ccc4c3)c2cc1/C=C/c1ccccn1. The highest BCUT2D eigenvalue weighted by atomic mass is 16.5. The van der Waals surface area contributed by atoms with Gasteiger partial charge in [0.1, 0.15) is 17.9 Å². The molecule has 0 saturated heterocycles. The zero-order valence-electron chi connectivity index (χ0n) is 16.3. The van der Waals surface area contributed by atoms with E-state index in [1.165, 1.54) is 0 Å². The van der Waals surface area contributed by atoms with Crippen LogP contribution in [0.2, 0.25) is 0 Å². The lowest BCUT2D eigenvalue weighted by molar-refractivity contribution is 0.414. The first-order valence-corrected chi connectivity index (χ1v) is 9.56. The Hall–Kier alpha value is -4.19. The molecule has 2 N–H and O–H groups in total. The third-order valence-electron chi connectivity index (χ3n) is 4.92. The lowest BCUT2D eigenvalue weighted by Crippen LogP contribution is -1.97. The third-order valence-corrected chi connectivity index (χ3v) is 4.92. The minimum absolute atomic E-state index is 0.741. The lowest BCUT2D eigenvalue weighted by Gasteiger charge is -2.11. The van der Waals surface area contributed by atoms with E-state index in [9.17, 15) is 0 Å². The molecular formula is C24H19N5O. The van der Waals surface area contributed by atoms with Gasteiger partial charge in [0.05, 0.1) is 18.3 Å². The van der Waals surface area contributed by atoms with Crippen molar-refractivity contribution >= 4 is 45.5 Å². The summed E-state index contributed by atoms with van der Waals surface area (Å²) >= 11 is 0. The van der Waals surface area contributed by atoms with E-state index in [1.54, 1.807) is 19.6 Å². The molecule has 0 saturated carbocycles. The molecule has 0 unspecified atom stereocenters. The molecule has 0 aliphatic heterocycles. The summed E-state index contributed by atoms with van der Waals surface area (Å²) in [5.74, 6) is 1.48. The largest absolute Gasteiger partial charge is 0.496 e. The number of aromatic nitrogens is 4. The normalized spacial score (nSPS) is 11.4. The predicted molar refractivity (Wildman–Crippen MR) is 121 cm³/mol. The Bertz CT molecular complexity index is 1360. The number of pyridine rings is 1. The molecule has 30 heavy (non-hydrogen) atoms. The van der Waals surface area contributed by atoms with Crippen LogP contribution in [0.1, 0.15) is 11.3 Å². The van der Waals surface area contributed by atoms with E-state index in [4.69, 9.17) is 4.74 Å². The van der Waals surface area contributed by atoms with Crippen LogP contribution >= 0.6 is 0 Å². The van der Waals surface area contributed by atoms with E-state index in [-0.39, 0.29) is 0 Å². The maximum absolute atomic E-state index is 5.58. The van der Waals surface area contributed by atoms with E-state index in [0.29, 0.717) is 0 Å². The number of fused-ring (bicyclic) bond motifs is 2. The van der Waals surface area contributed by atoms with Gasteiger partial charge in [0.25, 0.3) is 0 Å². The number of nitrogens with one attached hydrogen (secondary N) is 2. The molecule has 6 nitrogen and oxygen atoms in total. The standard InChI is InChI=1S/C24H19N5O/c1-30-23-14-22-20(13-17(23)5-6-18-4-2-3-10-25-18)24(28-15-27-22)29-19-7-8-21-16(12-19)9-11-26-21/h2-15,26H,1H3,(H,27,28,29)/b6-5+. The molecule has 5 aromatic rings. The summed E-state index contributed by atoms with van der Waals surface area (Å²) in [5, 5.41) is 5.47. The Morgan fingerprint density at radius 1 is 0.967 bits per heavy atom. The molecule has 0 fully saturated rings. The molecule has 6 heteroatoms. The minimum Gasteiger partial charge on any atom is -0.496 e. The molecular weight excluding hydrogens is 374 g/mol. The average molecular weight is 393 g/mol. The van der Waals surface area contributed by atoms with Crippen molar-refractivity contribution in [3.05, 3.63) is 84.6 Å². The average Bonchev–Trinajstić information content (AvgIpc) is 3.26. The van der Waals surface area contributed by atoms with E-state index in [2.05, 4.69) is 31.3 Å². The van der Waals surface area contributed by atoms with Crippen molar-refractivity contribution in [1.82, 2.24) is 19.9 Å². The van der Waals surface area contributed by atoms with Crippen molar-refractivity contribution in [3.63, 3.8) is 0 Å². The number of benzene rings is 2. The van der Waals surface area contributed by atoms with Crippen molar-refractivity contribution in [2.45, 2.75) is 0 Å². The van der Waals surface area contributed by atoms with Gasteiger partial charge in [-0.1, -0.05) is 6.07 Å². The fourth-order valence-corrected chi connectivity index (χ4v) is 3.42. The summed E-state index contributed by atoms with van der Waals surface area (Å²) in [7, 11) is 1.66. The first kappa shape index (κ1) is 17.9.